The molecule has 0 atom stereocenters. The quantitative estimate of drug-likeness (QED) is 0.773. The largest absolute Gasteiger partial charge is 0.481 e. The van der Waals surface area contributed by atoms with Gasteiger partial charge >= 0.3 is 5.97 Å². The highest BCUT2D eigenvalue weighted by molar-refractivity contribution is 5.66. The summed E-state index contributed by atoms with van der Waals surface area (Å²) in [7, 11) is 1.56. The molecule has 0 amide bonds. The Bertz CT molecular complexity index is 312. The van der Waals surface area contributed by atoms with Gasteiger partial charge in [0, 0.05) is 18.2 Å². The molecule has 0 saturated carbocycles. The second-order valence-corrected chi connectivity index (χ2v) is 2.92. The topological polar surface area (TPSA) is 59.4 Å². The molecule has 1 rings (SSSR count). The molecule has 1 aromatic rings. The first kappa shape index (κ1) is 10.5. The van der Waals surface area contributed by atoms with Crippen LogP contribution in [0.25, 0.3) is 0 Å². The molecule has 0 aliphatic carbocycles. The first-order chi connectivity index (χ1) is 6.74. The molecule has 1 aromatic heterocycles. The molecule has 14 heavy (non-hydrogen) atoms. The van der Waals surface area contributed by atoms with Crippen LogP contribution in [0.15, 0.2) is 18.3 Å². The van der Waals surface area contributed by atoms with Crippen LogP contribution in [0.3, 0.4) is 0 Å². The molecule has 0 aliphatic heterocycles. The van der Waals surface area contributed by atoms with E-state index in [1.54, 1.807) is 13.3 Å². The van der Waals surface area contributed by atoms with E-state index in [2.05, 4.69) is 4.98 Å². The third-order valence-corrected chi connectivity index (χ3v) is 1.88. The van der Waals surface area contributed by atoms with Gasteiger partial charge in [-0.05, 0) is 18.9 Å². The van der Waals surface area contributed by atoms with Crippen molar-refractivity contribution in [2.45, 2.75) is 19.3 Å². The Morgan fingerprint density at radius 1 is 1.64 bits per heavy atom. The fraction of sp³-hybridized carbons (Fsp3) is 0.400. The molecule has 0 fully saturated rings. The Hall–Kier alpha value is -1.58. The van der Waals surface area contributed by atoms with Crippen molar-refractivity contribution in [3.8, 4) is 5.88 Å². The summed E-state index contributed by atoms with van der Waals surface area (Å²) in [6.45, 7) is 0. The number of rotatable bonds is 5. The lowest BCUT2D eigenvalue weighted by Gasteiger charge is -2.05. The van der Waals surface area contributed by atoms with Crippen molar-refractivity contribution in [2.24, 2.45) is 0 Å². The lowest BCUT2D eigenvalue weighted by atomic mass is 10.1. The summed E-state index contributed by atoms with van der Waals surface area (Å²) in [5.41, 5.74) is 0.955. The highest BCUT2D eigenvalue weighted by atomic mass is 16.5. The van der Waals surface area contributed by atoms with E-state index in [1.807, 2.05) is 12.1 Å². The summed E-state index contributed by atoms with van der Waals surface area (Å²) in [6, 6.07) is 3.71. The van der Waals surface area contributed by atoms with E-state index in [0.717, 1.165) is 5.56 Å². The van der Waals surface area contributed by atoms with Crippen molar-refractivity contribution in [2.75, 3.05) is 7.11 Å². The molecule has 0 bridgehead atoms. The van der Waals surface area contributed by atoms with E-state index in [0.29, 0.717) is 18.7 Å². The number of carboxylic acid groups (broad SMARTS) is 1. The molecular weight excluding hydrogens is 182 g/mol. The van der Waals surface area contributed by atoms with Crippen LogP contribution in [-0.4, -0.2) is 23.2 Å². The molecule has 4 heteroatoms. The standard InChI is InChI=1S/C10H13NO3/c1-14-10-8(5-3-7-11-10)4-2-6-9(12)13/h3,5,7H,2,4,6H2,1H3,(H,12,13). The number of aromatic nitrogens is 1. The van der Waals surface area contributed by atoms with Gasteiger partial charge in [-0.25, -0.2) is 4.98 Å². The fourth-order valence-electron chi connectivity index (χ4n) is 1.23. The lowest BCUT2D eigenvalue weighted by Crippen LogP contribution is -1.98. The van der Waals surface area contributed by atoms with Crippen LogP contribution in [0.2, 0.25) is 0 Å². The molecule has 1 N–H and O–H groups in total. The summed E-state index contributed by atoms with van der Waals surface area (Å²) in [6.07, 6.45) is 3.12. The van der Waals surface area contributed by atoms with E-state index in [9.17, 15) is 4.79 Å². The van der Waals surface area contributed by atoms with E-state index in [4.69, 9.17) is 9.84 Å². The molecular formula is C10H13NO3. The van der Waals surface area contributed by atoms with Gasteiger partial charge in [0.2, 0.25) is 5.88 Å². The van der Waals surface area contributed by atoms with Gasteiger partial charge in [-0.1, -0.05) is 6.07 Å². The van der Waals surface area contributed by atoms with Crippen LogP contribution in [-0.2, 0) is 11.2 Å². The Morgan fingerprint density at radius 2 is 2.43 bits per heavy atom. The maximum Gasteiger partial charge on any atom is 0.303 e. The molecule has 76 valence electrons. The van der Waals surface area contributed by atoms with Crippen LogP contribution in [0.1, 0.15) is 18.4 Å². The number of methoxy groups -OCH3 is 1. The number of hydrogen-bond donors (Lipinski definition) is 1. The predicted molar refractivity (Wildman–Crippen MR) is 51.4 cm³/mol. The smallest absolute Gasteiger partial charge is 0.303 e. The van der Waals surface area contributed by atoms with Crippen molar-refractivity contribution in [1.29, 1.82) is 0 Å². The van der Waals surface area contributed by atoms with Gasteiger partial charge in [0.15, 0.2) is 0 Å². The maximum absolute atomic E-state index is 10.3. The Balaban J connectivity index is 2.53. The zero-order valence-corrected chi connectivity index (χ0v) is 8.06. The summed E-state index contributed by atoms with van der Waals surface area (Å²) in [5.74, 6) is -0.189. The number of hydrogen-bond acceptors (Lipinski definition) is 3. The van der Waals surface area contributed by atoms with Gasteiger partial charge in [-0.2, -0.15) is 0 Å². The summed E-state index contributed by atoms with van der Waals surface area (Å²) >= 11 is 0. The number of ether oxygens (including phenoxy) is 1. The molecule has 0 aromatic carbocycles. The Labute approximate surface area is 82.5 Å². The molecule has 0 radical (unpaired) electrons. The summed E-state index contributed by atoms with van der Waals surface area (Å²) in [4.78, 5) is 14.3. The van der Waals surface area contributed by atoms with E-state index >= 15 is 0 Å². The average molecular weight is 195 g/mol. The van der Waals surface area contributed by atoms with Gasteiger partial charge in [0.05, 0.1) is 7.11 Å². The molecule has 0 unspecified atom stereocenters. The molecule has 0 aliphatic rings. The number of aliphatic carboxylic acids is 1. The Morgan fingerprint density at radius 3 is 3.07 bits per heavy atom. The van der Waals surface area contributed by atoms with Gasteiger partial charge in [-0.15, -0.1) is 0 Å². The van der Waals surface area contributed by atoms with Crippen LogP contribution in [0.4, 0.5) is 0 Å². The highest BCUT2D eigenvalue weighted by Crippen LogP contribution is 2.15. The monoisotopic (exact) mass is 195 g/mol. The third-order valence-electron chi connectivity index (χ3n) is 1.88. The van der Waals surface area contributed by atoms with Gasteiger partial charge < -0.3 is 9.84 Å². The number of nitrogens with zero attached hydrogens (tertiary/aromatic N) is 1. The van der Waals surface area contributed by atoms with E-state index in [1.165, 1.54) is 0 Å². The minimum absolute atomic E-state index is 0.179. The van der Waals surface area contributed by atoms with Crippen molar-refractivity contribution in [3.63, 3.8) is 0 Å². The van der Waals surface area contributed by atoms with Crippen molar-refractivity contribution < 1.29 is 14.6 Å². The average Bonchev–Trinajstić information content (AvgIpc) is 2.18. The number of carboxylic acids is 1. The van der Waals surface area contributed by atoms with Gasteiger partial charge in [0.1, 0.15) is 0 Å². The molecule has 0 spiro atoms. The summed E-state index contributed by atoms with van der Waals surface area (Å²) < 4.78 is 5.04. The van der Waals surface area contributed by atoms with Crippen molar-refractivity contribution >= 4 is 5.97 Å². The molecule has 4 nitrogen and oxygen atoms in total. The zero-order chi connectivity index (χ0) is 10.4. The number of pyridine rings is 1. The molecule has 1 heterocycles. The molecule has 0 saturated heterocycles. The summed E-state index contributed by atoms with van der Waals surface area (Å²) in [5, 5.41) is 8.47. The van der Waals surface area contributed by atoms with Gasteiger partial charge in [0.25, 0.3) is 0 Å². The van der Waals surface area contributed by atoms with Crippen LogP contribution >= 0.6 is 0 Å². The zero-order valence-electron chi connectivity index (χ0n) is 8.06. The Kier molecular flexibility index (Phi) is 3.91. The van der Waals surface area contributed by atoms with Crippen molar-refractivity contribution in [1.82, 2.24) is 4.98 Å². The van der Waals surface area contributed by atoms with E-state index in [-0.39, 0.29) is 6.42 Å². The third kappa shape index (κ3) is 3.05. The SMILES string of the molecule is COc1ncccc1CCCC(=O)O. The van der Waals surface area contributed by atoms with E-state index < -0.39 is 5.97 Å². The number of aryl methyl sites for hydroxylation is 1. The first-order valence-corrected chi connectivity index (χ1v) is 4.43. The second kappa shape index (κ2) is 5.21. The minimum atomic E-state index is -0.771. The lowest BCUT2D eigenvalue weighted by molar-refractivity contribution is -0.137. The minimum Gasteiger partial charge on any atom is -0.481 e. The first-order valence-electron chi connectivity index (χ1n) is 4.43. The maximum atomic E-state index is 10.3. The van der Waals surface area contributed by atoms with Gasteiger partial charge in [-0.3, -0.25) is 4.79 Å². The van der Waals surface area contributed by atoms with Crippen LogP contribution in [0, 0.1) is 0 Å². The van der Waals surface area contributed by atoms with Crippen LogP contribution < -0.4 is 4.74 Å². The second-order valence-electron chi connectivity index (χ2n) is 2.92. The van der Waals surface area contributed by atoms with Crippen LogP contribution in [0.5, 0.6) is 5.88 Å². The fourth-order valence-corrected chi connectivity index (χ4v) is 1.23. The predicted octanol–water partition coefficient (Wildman–Crippen LogP) is 1.50. The van der Waals surface area contributed by atoms with Crippen molar-refractivity contribution in [3.05, 3.63) is 23.9 Å². The highest BCUT2D eigenvalue weighted by Gasteiger charge is 2.04. The normalized spacial score (nSPS) is 9.79. The number of carbonyl (C=O) groups is 1.